The Balaban J connectivity index is 1.64. The van der Waals surface area contributed by atoms with Crippen LogP contribution in [0.3, 0.4) is 0 Å². The summed E-state index contributed by atoms with van der Waals surface area (Å²) in [6.07, 6.45) is 3.21. The molecule has 0 saturated heterocycles. The first kappa shape index (κ1) is 19.9. The molecule has 0 radical (unpaired) electrons. The zero-order valence-electron chi connectivity index (χ0n) is 16.1. The maximum atomic E-state index is 12.5. The lowest BCUT2D eigenvalue weighted by molar-refractivity contribution is 0.0950. The summed E-state index contributed by atoms with van der Waals surface area (Å²) in [5.74, 6) is 0.535. The van der Waals surface area contributed by atoms with Gasteiger partial charge in [-0.2, -0.15) is 0 Å². The maximum absolute atomic E-state index is 12.5. The van der Waals surface area contributed by atoms with E-state index in [1.165, 1.54) is 14.2 Å². The van der Waals surface area contributed by atoms with E-state index in [0.717, 1.165) is 5.56 Å². The first-order chi connectivity index (χ1) is 14.1. The predicted molar refractivity (Wildman–Crippen MR) is 109 cm³/mol. The van der Waals surface area contributed by atoms with Crippen LogP contribution < -0.4 is 20.1 Å². The fourth-order valence-corrected chi connectivity index (χ4v) is 2.72. The molecule has 2 amide bonds. The first-order valence-corrected chi connectivity index (χ1v) is 8.91. The molecule has 0 bridgehead atoms. The Morgan fingerprint density at radius 1 is 0.897 bits per heavy atom. The third kappa shape index (κ3) is 5.10. The summed E-state index contributed by atoms with van der Waals surface area (Å²) in [7, 11) is 3.05. The van der Waals surface area contributed by atoms with Crippen LogP contribution in [0, 0.1) is 0 Å². The van der Waals surface area contributed by atoms with Crippen molar-refractivity contribution in [1.29, 1.82) is 0 Å². The highest BCUT2D eigenvalue weighted by atomic mass is 16.5. The smallest absolute Gasteiger partial charge is 0.255 e. The number of amides is 2. The van der Waals surface area contributed by atoms with Crippen molar-refractivity contribution in [2.75, 3.05) is 19.5 Å². The van der Waals surface area contributed by atoms with Crippen LogP contribution in [0.1, 0.15) is 26.3 Å². The van der Waals surface area contributed by atoms with Gasteiger partial charge in [-0.1, -0.05) is 12.1 Å². The predicted octanol–water partition coefficient (Wildman–Crippen LogP) is 3.28. The Hall–Kier alpha value is -3.87. The number of methoxy groups -OCH3 is 2. The Kier molecular flexibility index (Phi) is 6.42. The molecule has 1 heterocycles. The van der Waals surface area contributed by atoms with Gasteiger partial charge in [-0.3, -0.25) is 14.6 Å². The average molecular weight is 391 g/mol. The molecule has 2 N–H and O–H groups in total. The van der Waals surface area contributed by atoms with Crippen LogP contribution in [0.15, 0.2) is 67.0 Å². The molecule has 7 heteroatoms. The minimum atomic E-state index is -0.254. The minimum absolute atomic E-state index is 0.244. The Morgan fingerprint density at radius 3 is 2.41 bits per heavy atom. The fraction of sp³-hybridized carbons (Fsp3) is 0.136. The maximum Gasteiger partial charge on any atom is 0.255 e. The third-order valence-corrected chi connectivity index (χ3v) is 4.21. The number of hydrogen-bond acceptors (Lipinski definition) is 5. The number of anilines is 1. The van der Waals surface area contributed by atoms with Gasteiger partial charge in [0.25, 0.3) is 11.8 Å². The number of hydrogen-bond donors (Lipinski definition) is 2. The lowest BCUT2D eigenvalue weighted by Crippen LogP contribution is -2.23. The van der Waals surface area contributed by atoms with Gasteiger partial charge in [0.05, 0.1) is 26.1 Å². The largest absolute Gasteiger partial charge is 0.493 e. The summed E-state index contributed by atoms with van der Waals surface area (Å²) in [4.78, 5) is 28.8. The summed E-state index contributed by atoms with van der Waals surface area (Å²) >= 11 is 0. The van der Waals surface area contributed by atoms with Gasteiger partial charge in [0.15, 0.2) is 11.5 Å². The third-order valence-electron chi connectivity index (χ3n) is 4.21. The summed E-state index contributed by atoms with van der Waals surface area (Å²) in [6.45, 7) is 0.279. The van der Waals surface area contributed by atoms with Gasteiger partial charge in [-0.05, 0) is 48.0 Å². The van der Waals surface area contributed by atoms with E-state index in [-0.39, 0.29) is 18.4 Å². The van der Waals surface area contributed by atoms with Gasteiger partial charge in [-0.15, -0.1) is 0 Å². The molecule has 0 aliphatic heterocycles. The molecule has 0 aliphatic rings. The second-order valence-corrected chi connectivity index (χ2v) is 6.15. The molecule has 0 saturated carbocycles. The Morgan fingerprint density at radius 2 is 1.69 bits per heavy atom. The number of nitrogens with zero attached hydrogens (tertiary/aromatic N) is 1. The molecule has 1 aromatic heterocycles. The number of carbonyl (C=O) groups excluding carboxylic acids is 2. The number of benzene rings is 2. The van der Waals surface area contributed by atoms with Crippen molar-refractivity contribution in [3.05, 3.63) is 83.7 Å². The first-order valence-electron chi connectivity index (χ1n) is 8.91. The average Bonchev–Trinajstić information content (AvgIpc) is 2.77. The van der Waals surface area contributed by atoms with E-state index >= 15 is 0 Å². The molecule has 0 fully saturated rings. The summed E-state index contributed by atoms with van der Waals surface area (Å²) in [5.41, 5.74) is 2.36. The van der Waals surface area contributed by atoms with Crippen LogP contribution in [-0.4, -0.2) is 31.0 Å². The molecule has 3 aromatic rings. The molecule has 0 spiro atoms. The number of aromatic nitrogens is 1. The Labute approximate surface area is 168 Å². The van der Waals surface area contributed by atoms with Gasteiger partial charge in [-0.25, -0.2) is 0 Å². The van der Waals surface area contributed by atoms with Crippen LogP contribution in [-0.2, 0) is 6.54 Å². The van der Waals surface area contributed by atoms with Gasteiger partial charge < -0.3 is 20.1 Å². The van der Waals surface area contributed by atoms with Gasteiger partial charge >= 0.3 is 0 Å². The van der Waals surface area contributed by atoms with Gasteiger partial charge in [0.2, 0.25) is 0 Å². The van der Waals surface area contributed by atoms with E-state index in [1.54, 1.807) is 60.9 Å². The van der Waals surface area contributed by atoms with Gasteiger partial charge in [0.1, 0.15) is 0 Å². The van der Waals surface area contributed by atoms with E-state index in [2.05, 4.69) is 15.6 Å². The second kappa shape index (κ2) is 9.36. The molecule has 7 nitrogen and oxygen atoms in total. The fourth-order valence-electron chi connectivity index (χ4n) is 2.72. The topological polar surface area (TPSA) is 89.5 Å². The highest BCUT2D eigenvalue weighted by Gasteiger charge is 2.11. The van der Waals surface area contributed by atoms with Crippen molar-refractivity contribution < 1.29 is 19.1 Å². The van der Waals surface area contributed by atoms with Crippen LogP contribution in [0.4, 0.5) is 5.69 Å². The van der Waals surface area contributed by atoms with E-state index in [1.807, 2.05) is 6.07 Å². The number of pyridine rings is 1. The van der Waals surface area contributed by atoms with Crippen molar-refractivity contribution >= 4 is 17.5 Å². The summed E-state index contributed by atoms with van der Waals surface area (Å²) in [5, 5.41) is 5.63. The van der Waals surface area contributed by atoms with Crippen molar-refractivity contribution in [3.8, 4) is 11.5 Å². The SMILES string of the molecule is COc1ccc(C(=O)NCc2cccc(C(=O)Nc3cccnc3)c2)cc1OC. The number of nitrogens with one attached hydrogen (secondary N) is 2. The number of ether oxygens (including phenoxy) is 2. The monoisotopic (exact) mass is 391 g/mol. The van der Waals surface area contributed by atoms with Crippen LogP contribution in [0.25, 0.3) is 0 Å². The van der Waals surface area contributed by atoms with Crippen molar-refractivity contribution in [2.45, 2.75) is 6.54 Å². The van der Waals surface area contributed by atoms with Gasteiger partial charge in [0, 0.05) is 23.9 Å². The lowest BCUT2D eigenvalue weighted by Gasteiger charge is -2.11. The highest BCUT2D eigenvalue weighted by molar-refractivity contribution is 6.04. The molecular formula is C22H21N3O4. The minimum Gasteiger partial charge on any atom is -0.493 e. The highest BCUT2D eigenvalue weighted by Crippen LogP contribution is 2.27. The molecule has 148 valence electrons. The molecule has 29 heavy (non-hydrogen) atoms. The Bertz CT molecular complexity index is 1010. The molecule has 3 rings (SSSR count). The van der Waals surface area contributed by atoms with E-state index in [0.29, 0.717) is 28.3 Å². The number of carbonyl (C=O) groups is 2. The van der Waals surface area contributed by atoms with Crippen molar-refractivity contribution in [2.24, 2.45) is 0 Å². The zero-order valence-corrected chi connectivity index (χ0v) is 16.1. The standard InChI is InChI=1S/C22H21N3O4/c1-28-19-9-8-17(12-20(19)29-2)21(26)24-13-15-5-3-6-16(11-15)22(27)25-18-7-4-10-23-14-18/h3-12,14H,13H2,1-2H3,(H,24,26)(H,25,27). The van der Waals surface area contributed by atoms with E-state index in [4.69, 9.17) is 9.47 Å². The molecule has 0 unspecified atom stereocenters. The lowest BCUT2D eigenvalue weighted by atomic mass is 10.1. The summed E-state index contributed by atoms with van der Waals surface area (Å²) in [6, 6.07) is 15.5. The molecule has 2 aromatic carbocycles. The molecule has 0 atom stereocenters. The van der Waals surface area contributed by atoms with Crippen LogP contribution in [0.5, 0.6) is 11.5 Å². The number of rotatable bonds is 7. The van der Waals surface area contributed by atoms with Crippen molar-refractivity contribution in [1.82, 2.24) is 10.3 Å². The van der Waals surface area contributed by atoms with E-state index < -0.39 is 0 Å². The molecule has 0 aliphatic carbocycles. The summed E-state index contributed by atoms with van der Waals surface area (Å²) < 4.78 is 10.4. The zero-order chi connectivity index (χ0) is 20.6. The quantitative estimate of drug-likeness (QED) is 0.645. The van der Waals surface area contributed by atoms with Crippen LogP contribution >= 0.6 is 0 Å². The van der Waals surface area contributed by atoms with E-state index in [9.17, 15) is 9.59 Å². The van der Waals surface area contributed by atoms with Crippen molar-refractivity contribution in [3.63, 3.8) is 0 Å². The van der Waals surface area contributed by atoms with Crippen LogP contribution in [0.2, 0.25) is 0 Å². The molecular weight excluding hydrogens is 370 g/mol. The second-order valence-electron chi connectivity index (χ2n) is 6.15. The normalized spacial score (nSPS) is 10.1.